The quantitative estimate of drug-likeness (QED) is 0.764. The van der Waals surface area contributed by atoms with Gasteiger partial charge in [-0.15, -0.1) is 0 Å². The van der Waals surface area contributed by atoms with E-state index in [0.29, 0.717) is 32.6 Å². The second-order valence-electron chi connectivity index (χ2n) is 4.57. The third-order valence-electron chi connectivity index (χ3n) is 3.23. The van der Waals surface area contributed by atoms with Gasteiger partial charge >= 0.3 is 5.97 Å². The summed E-state index contributed by atoms with van der Waals surface area (Å²) in [4.78, 5) is 15.9. The molecule has 21 heavy (non-hydrogen) atoms. The van der Waals surface area contributed by atoms with Gasteiger partial charge in [0.05, 0.1) is 27.3 Å². The average Bonchev–Trinajstić information content (AvgIpc) is 2.74. The molecule has 1 N–H and O–H groups in total. The lowest BCUT2D eigenvalue weighted by Crippen LogP contribution is -2.04. The fraction of sp³-hybridized carbons (Fsp3) is 0.0667. The zero-order valence-electron chi connectivity index (χ0n) is 11.0. The highest BCUT2D eigenvalue weighted by atomic mass is 35.5. The number of fused-ring (bicyclic) bond motifs is 1. The Bertz CT molecular complexity index is 871. The van der Waals surface area contributed by atoms with Crippen molar-refractivity contribution in [3.05, 3.63) is 57.8 Å². The van der Waals surface area contributed by atoms with Gasteiger partial charge in [0.25, 0.3) is 0 Å². The molecule has 0 saturated heterocycles. The molecule has 0 atom stereocenters. The summed E-state index contributed by atoms with van der Waals surface area (Å²) in [6.45, 7) is 1.80. The van der Waals surface area contributed by atoms with Crippen molar-refractivity contribution in [1.82, 2.24) is 9.55 Å². The van der Waals surface area contributed by atoms with Gasteiger partial charge in [-0.25, -0.2) is 9.78 Å². The standard InChI is InChI=1S/C15H10Cl2N2O2/c1-8-18-12-4-2-3-10(15(20)21)14(12)19(8)13-6-5-9(16)7-11(13)17/h2-7H,1H3,(H,20,21). The van der Waals surface area contributed by atoms with Crippen molar-refractivity contribution >= 4 is 40.2 Å². The van der Waals surface area contributed by atoms with Crippen molar-refractivity contribution in [2.45, 2.75) is 6.92 Å². The van der Waals surface area contributed by atoms with Crippen molar-refractivity contribution < 1.29 is 9.90 Å². The van der Waals surface area contributed by atoms with Crippen LogP contribution in [0.1, 0.15) is 16.2 Å². The molecule has 106 valence electrons. The number of hydrogen-bond acceptors (Lipinski definition) is 2. The Labute approximate surface area is 130 Å². The van der Waals surface area contributed by atoms with Crippen LogP contribution >= 0.6 is 23.2 Å². The number of para-hydroxylation sites is 1. The molecule has 2 aromatic carbocycles. The summed E-state index contributed by atoms with van der Waals surface area (Å²) in [5.74, 6) is -0.352. The highest BCUT2D eigenvalue weighted by molar-refractivity contribution is 6.35. The fourth-order valence-corrected chi connectivity index (χ4v) is 2.87. The normalized spacial score (nSPS) is 11.0. The van der Waals surface area contributed by atoms with Crippen molar-refractivity contribution in [2.24, 2.45) is 0 Å². The Morgan fingerprint density at radius 1 is 1.24 bits per heavy atom. The molecule has 0 amide bonds. The molecular weight excluding hydrogens is 311 g/mol. The van der Waals surface area contributed by atoms with Gasteiger partial charge in [-0.1, -0.05) is 29.3 Å². The maximum Gasteiger partial charge on any atom is 0.337 e. The van der Waals surface area contributed by atoms with Crippen molar-refractivity contribution in [2.75, 3.05) is 0 Å². The number of rotatable bonds is 2. The summed E-state index contributed by atoms with van der Waals surface area (Å²) in [5.41, 5.74) is 1.96. The van der Waals surface area contributed by atoms with E-state index in [-0.39, 0.29) is 5.56 Å². The first kappa shape index (κ1) is 13.9. The van der Waals surface area contributed by atoms with Crippen LogP contribution in [0.4, 0.5) is 0 Å². The second-order valence-corrected chi connectivity index (χ2v) is 5.41. The molecular formula is C15H10Cl2N2O2. The van der Waals surface area contributed by atoms with Crippen molar-refractivity contribution in [1.29, 1.82) is 0 Å². The van der Waals surface area contributed by atoms with E-state index in [1.165, 1.54) is 0 Å². The molecule has 6 heteroatoms. The molecule has 1 aromatic heterocycles. The number of carboxylic acid groups (broad SMARTS) is 1. The number of aryl methyl sites for hydroxylation is 1. The number of hydrogen-bond donors (Lipinski definition) is 1. The minimum Gasteiger partial charge on any atom is -0.478 e. The summed E-state index contributed by atoms with van der Waals surface area (Å²) in [6.07, 6.45) is 0. The molecule has 0 aliphatic heterocycles. The molecule has 0 unspecified atom stereocenters. The lowest BCUT2D eigenvalue weighted by molar-refractivity contribution is 0.0698. The van der Waals surface area contributed by atoms with Gasteiger partial charge in [-0.05, 0) is 37.3 Å². The topological polar surface area (TPSA) is 55.1 Å². The van der Waals surface area contributed by atoms with Crippen LogP contribution in [0, 0.1) is 6.92 Å². The Kier molecular flexibility index (Phi) is 3.35. The van der Waals surface area contributed by atoms with Gasteiger partial charge in [-0.3, -0.25) is 4.57 Å². The van der Waals surface area contributed by atoms with Crippen LogP contribution in [0.15, 0.2) is 36.4 Å². The SMILES string of the molecule is Cc1nc2cccc(C(=O)O)c2n1-c1ccc(Cl)cc1Cl. The van der Waals surface area contributed by atoms with E-state index in [0.717, 1.165) is 0 Å². The summed E-state index contributed by atoms with van der Waals surface area (Å²) in [6, 6.07) is 10.1. The predicted molar refractivity (Wildman–Crippen MR) is 82.8 cm³/mol. The monoisotopic (exact) mass is 320 g/mol. The van der Waals surface area contributed by atoms with Gasteiger partial charge < -0.3 is 5.11 Å². The summed E-state index contributed by atoms with van der Waals surface area (Å²) in [7, 11) is 0. The highest BCUT2D eigenvalue weighted by Crippen LogP contribution is 2.30. The number of carbonyl (C=O) groups is 1. The third-order valence-corrected chi connectivity index (χ3v) is 3.76. The minimum atomic E-state index is -1.01. The first-order valence-electron chi connectivity index (χ1n) is 6.16. The van der Waals surface area contributed by atoms with Gasteiger partial charge in [0, 0.05) is 5.02 Å². The maximum atomic E-state index is 11.5. The van der Waals surface area contributed by atoms with Gasteiger partial charge in [-0.2, -0.15) is 0 Å². The molecule has 0 aliphatic carbocycles. The van der Waals surface area contributed by atoms with E-state index in [2.05, 4.69) is 4.98 Å². The summed E-state index contributed by atoms with van der Waals surface area (Å²) in [5, 5.41) is 10.3. The molecule has 0 fully saturated rings. The van der Waals surface area contributed by atoms with Crippen LogP contribution in [0.3, 0.4) is 0 Å². The van der Waals surface area contributed by atoms with Crippen LogP contribution in [0.25, 0.3) is 16.7 Å². The van der Waals surface area contributed by atoms with Gasteiger partial charge in [0.1, 0.15) is 5.82 Å². The molecule has 4 nitrogen and oxygen atoms in total. The van der Waals surface area contributed by atoms with Gasteiger partial charge in [0.15, 0.2) is 0 Å². The molecule has 1 heterocycles. The van der Waals surface area contributed by atoms with Crippen LogP contribution in [-0.2, 0) is 0 Å². The lowest BCUT2D eigenvalue weighted by atomic mass is 10.1. The van der Waals surface area contributed by atoms with Crippen LogP contribution in [0.2, 0.25) is 10.0 Å². The number of benzene rings is 2. The summed E-state index contributed by atoms with van der Waals surface area (Å²) >= 11 is 12.2. The number of halogens is 2. The van der Waals surface area contributed by atoms with Crippen LogP contribution < -0.4 is 0 Å². The first-order chi connectivity index (χ1) is 9.99. The second kappa shape index (κ2) is 5.06. The minimum absolute atomic E-state index is 0.180. The molecule has 0 saturated carbocycles. The molecule has 3 rings (SSSR count). The van der Waals surface area contributed by atoms with E-state index in [9.17, 15) is 9.90 Å². The van der Waals surface area contributed by atoms with E-state index >= 15 is 0 Å². The maximum absolute atomic E-state index is 11.5. The van der Waals surface area contributed by atoms with E-state index < -0.39 is 5.97 Å². The largest absolute Gasteiger partial charge is 0.478 e. The Hall–Kier alpha value is -2.04. The Morgan fingerprint density at radius 3 is 2.67 bits per heavy atom. The van der Waals surface area contributed by atoms with Crippen LogP contribution in [-0.4, -0.2) is 20.6 Å². The van der Waals surface area contributed by atoms with E-state index in [1.807, 2.05) is 0 Å². The van der Waals surface area contributed by atoms with Crippen molar-refractivity contribution in [3.63, 3.8) is 0 Å². The molecule has 0 spiro atoms. The number of carboxylic acids is 1. The average molecular weight is 321 g/mol. The molecule has 0 radical (unpaired) electrons. The number of aromatic nitrogens is 2. The zero-order chi connectivity index (χ0) is 15.1. The van der Waals surface area contributed by atoms with Gasteiger partial charge in [0.2, 0.25) is 0 Å². The molecule has 3 aromatic rings. The number of imidazole rings is 1. The van der Waals surface area contributed by atoms with E-state index in [4.69, 9.17) is 23.2 Å². The van der Waals surface area contributed by atoms with Crippen LogP contribution in [0.5, 0.6) is 0 Å². The first-order valence-corrected chi connectivity index (χ1v) is 6.91. The summed E-state index contributed by atoms with van der Waals surface area (Å²) < 4.78 is 1.73. The smallest absolute Gasteiger partial charge is 0.337 e. The van der Waals surface area contributed by atoms with Crippen molar-refractivity contribution in [3.8, 4) is 5.69 Å². The number of aromatic carboxylic acids is 1. The molecule has 0 bridgehead atoms. The molecule has 0 aliphatic rings. The fourth-order valence-electron chi connectivity index (χ4n) is 2.37. The lowest BCUT2D eigenvalue weighted by Gasteiger charge is -2.10. The Morgan fingerprint density at radius 2 is 2.00 bits per heavy atom. The third kappa shape index (κ3) is 2.26. The zero-order valence-corrected chi connectivity index (χ0v) is 12.5. The Balaban J connectivity index is 2.41. The predicted octanol–water partition coefficient (Wildman–Crippen LogP) is 4.34. The van der Waals surface area contributed by atoms with E-state index in [1.54, 1.807) is 47.9 Å². The number of nitrogens with zero attached hydrogens (tertiary/aromatic N) is 2. The highest BCUT2D eigenvalue weighted by Gasteiger charge is 2.18.